The minimum absolute atomic E-state index is 0.204. The average molecular weight is 183 g/mol. The number of hydrogen-bond acceptors (Lipinski definition) is 2. The molecule has 3 nitrogen and oxygen atoms in total. The monoisotopic (exact) mass is 183 g/mol. The van der Waals surface area contributed by atoms with Crippen molar-refractivity contribution in [2.24, 2.45) is 5.92 Å². The second-order valence-electron chi connectivity index (χ2n) is 3.95. The van der Waals surface area contributed by atoms with E-state index in [9.17, 15) is 4.79 Å². The summed E-state index contributed by atoms with van der Waals surface area (Å²) in [6.07, 6.45) is 1.35. The highest BCUT2D eigenvalue weighted by atomic mass is 16.5. The third-order valence-electron chi connectivity index (χ3n) is 2.26. The lowest BCUT2D eigenvalue weighted by Gasteiger charge is -2.30. The molecule has 0 aliphatic carbocycles. The maximum Gasteiger partial charge on any atom is 0.415 e. The van der Waals surface area contributed by atoms with Gasteiger partial charge in [-0.1, -0.05) is 13.8 Å². The van der Waals surface area contributed by atoms with E-state index in [4.69, 9.17) is 4.74 Å². The zero-order valence-corrected chi connectivity index (χ0v) is 8.70. The molecule has 1 aliphatic heterocycles. The fourth-order valence-corrected chi connectivity index (χ4v) is 1.20. The van der Waals surface area contributed by atoms with E-state index in [1.807, 2.05) is 13.8 Å². The molecular weight excluding hydrogens is 166 g/mol. The highest BCUT2D eigenvalue weighted by molar-refractivity contribution is 5.70. The fraction of sp³-hybridized carbons (Fsp3) is 0.700. The van der Waals surface area contributed by atoms with Crippen LogP contribution in [0.15, 0.2) is 11.8 Å². The minimum Gasteiger partial charge on any atom is -0.418 e. The second kappa shape index (κ2) is 3.81. The van der Waals surface area contributed by atoms with E-state index in [1.165, 1.54) is 5.57 Å². The van der Waals surface area contributed by atoms with Gasteiger partial charge in [-0.05, 0) is 25.3 Å². The van der Waals surface area contributed by atoms with E-state index in [0.717, 1.165) is 0 Å². The number of rotatable bonds is 2. The first-order valence-electron chi connectivity index (χ1n) is 4.68. The zero-order valence-electron chi connectivity index (χ0n) is 8.70. The molecule has 0 aromatic carbocycles. The van der Waals surface area contributed by atoms with Crippen LogP contribution < -0.4 is 0 Å². The maximum absolute atomic E-state index is 11.3. The van der Waals surface area contributed by atoms with Crippen LogP contribution in [0.1, 0.15) is 27.7 Å². The van der Waals surface area contributed by atoms with Gasteiger partial charge in [0.25, 0.3) is 0 Å². The molecule has 0 N–H and O–H groups in total. The van der Waals surface area contributed by atoms with Crippen molar-refractivity contribution >= 4 is 6.09 Å². The molecule has 0 unspecified atom stereocenters. The van der Waals surface area contributed by atoms with Gasteiger partial charge in [-0.2, -0.15) is 0 Å². The molecule has 1 aliphatic rings. The molecule has 1 heterocycles. The molecule has 13 heavy (non-hydrogen) atoms. The van der Waals surface area contributed by atoms with E-state index in [0.29, 0.717) is 12.5 Å². The van der Waals surface area contributed by atoms with Gasteiger partial charge in [-0.25, -0.2) is 4.79 Å². The van der Waals surface area contributed by atoms with Gasteiger partial charge >= 0.3 is 6.09 Å². The summed E-state index contributed by atoms with van der Waals surface area (Å²) in [5, 5.41) is 0. The smallest absolute Gasteiger partial charge is 0.415 e. The fourth-order valence-electron chi connectivity index (χ4n) is 1.20. The Labute approximate surface area is 79.4 Å². The molecule has 0 saturated heterocycles. The van der Waals surface area contributed by atoms with Gasteiger partial charge in [-0.15, -0.1) is 0 Å². The molecule has 0 atom stereocenters. The Bertz CT molecular complexity index is 231. The van der Waals surface area contributed by atoms with Gasteiger partial charge in [0.2, 0.25) is 0 Å². The molecule has 74 valence electrons. The number of amides is 1. The molecule has 0 saturated carbocycles. The molecule has 0 aromatic heterocycles. The standard InChI is InChI=1S/C10H17NO2/c1-7(2)9-5-11(8(3)4)10(12)13-6-9/h6-8H,5H2,1-4H3. The van der Waals surface area contributed by atoms with Crippen molar-refractivity contribution in [1.82, 2.24) is 4.90 Å². The van der Waals surface area contributed by atoms with Crippen LogP contribution in [-0.2, 0) is 4.74 Å². The van der Waals surface area contributed by atoms with Crippen LogP contribution in [0.4, 0.5) is 4.79 Å². The summed E-state index contributed by atoms with van der Waals surface area (Å²) < 4.78 is 4.95. The van der Waals surface area contributed by atoms with Gasteiger partial charge in [0.15, 0.2) is 0 Å². The van der Waals surface area contributed by atoms with Crippen molar-refractivity contribution in [3.05, 3.63) is 11.8 Å². The Morgan fingerprint density at radius 2 is 2.00 bits per heavy atom. The van der Waals surface area contributed by atoms with Crippen LogP contribution in [-0.4, -0.2) is 23.6 Å². The molecule has 0 radical (unpaired) electrons. The predicted molar refractivity (Wildman–Crippen MR) is 51.2 cm³/mol. The van der Waals surface area contributed by atoms with Crippen LogP contribution in [0.2, 0.25) is 0 Å². The largest absolute Gasteiger partial charge is 0.418 e. The summed E-state index contributed by atoms with van der Waals surface area (Å²) in [5.41, 5.74) is 1.17. The number of nitrogens with zero attached hydrogens (tertiary/aromatic N) is 1. The topological polar surface area (TPSA) is 29.5 Å². The Morgan fingerprint density at radius 3 is 2.46 bits per heavy atom. The highest BCUT2D eigenvalue weighted by Gasteiger charge is 2.24. The second-order valence-corrected chi connectivity index (χ2v) is 3.95. The molecule has 1 rings (SSSR count). The highest BCUT2D eigenvalue weighted by Crippen LogP contribution is 2.18. The first-order chi connectivity index (χ1) is 6.02. The summed E-state index contributed by atoms with van der Waals surface area (Å²) in [7, 11) is 0. The summed E-state index contributed by atoms with van der Waals surface area (Å²) in [4.78, 5) is 13.0. The number of ether oxygens (including phenoxy) is 1. The zero-order chi connectivity index (χ0) is 10.0. The van der Waals surface area contributed by atoms with Gasteiger partial charge in [0, 0.05) is 12.6 Å². The quantitative estimate of drug-likeness (QED) is 0.657. The minimum atomic E-state index is -0.237. The van der Waals surface area contributed by atoms with Crippen LogP contribution in [0, 0.1) is 5.92 Å². The van der Waals surface area contributed by atoms with Crippen molar-refractivity contribution < 1.29 is 9.53 Å². The summed E-state index contributed by atoms with van der Waals surface area (Å²) >= 11 is 0. The average Bonchev–Trinajstić information content (AvgIpc) is 2.04. The summed E-state index contributed by atoms with van der Waals surface area (Å²) in [5.74, 6) is 0.439. The van der Waals surface area contributed by atoms with Crippen molar-refractivity contribution in [1.29, 1.82) is 0 Å². The van der Waals surface area contributed by atoms with Crippen molar-refractivity contribution in [3.63, 3.8) is 0 Å². The molecule has 0 spiro atoms. The van der Waals surface area contributed by atoms with E-state index < -0.39 is 0 Å². The van der Waals surface area contributed by atoms with Gasteiger partial charge < -0.3 is 9.64 Å². The van der Waals surface area contributed by atoms with Gasteiger partial charge in [0.1, 0.15) is 0 Å². The van der Waals surface area contributed by atoms with E-state index in [2.05, 4.69) is 13.8 Å². The molecule has 0 aromatic rings. The number of hydrogen-bond donors (Lipinski definition) is 0. The third-order valence-corrected chi connectivity index (χ3v) is 2.26. The van der Waals surface area contributed by atoms with Gasteiger partial charge in [-0.3, -0.25) is 0 Å². The van der Waals surface area contributed by atoms with Crippen LogP contribution in [0.25, 0.3) is 0 Å². The molecule has 0 bridgehead atoms. The predicted octanol–water partition coefficient (Wildman–Crippen LogP) is 2.39. The van der Waals surface area contributed by atoms with Crippen LogP contribution >= 0.6 is 0 Å². The Kier molecular flexibility index (Phi) is 2.96. The Balaban J connectivity index is 2.72. The number of carbonyl (C=O) groups excluding carboxylic acids is 1. The lowest BCUT2D eigenvalue weighted by molar-refractivity contribution is 0.115. The van der Waals surface area contributed by atoms with E-state index in [-0.39, 0.29) is 12.1 Å². The Hall–Kier alpha value is -0.990. The Morgan fingerprint density at radius 1 is 1.38 bits per heavy atom. The first-order valence-corrected chi connectivity index (χ1v) is 4.68. The SMILES string of the molecule is CC(C)C1=COC(=O)N(C(C)C)C1. The lowest BCUT2D eigenvalue weighted by atomic mass is 10.0. The molecule has 0 fully saturated rings. The molecule has 3 heteroatoms. The van der Waals surface area contributed by atoms with Crippen molar-refractivity contribution in [3.8, 4) is 0 Å². The van der Waals surface area contributed by atoms with Crippen LogP contribution in [0.3, 0.4) is 0 Å². The molecular formula is C10H17NO2. The van der Waals surface area contributed by atoms with Crippen molar-refractivity contribution in [2.45, 2.75) is 33.7 Å². The van der Waals surface area contributed by atoms with Crippen LogP contribution in [0.5, 0.6) is 0 Å². The summed E-state index contributed by atoms with van der Waals surface area (Å²) in [6.45, 7) is 8.89. The summed E-state index contributed by atoms with van der Waals surface area (Å²) in [6, 6.07) is 0.204. The number of carbonyl (C=O) groups is 1. The van der Waals surface area contributed by atoms with Crippen molar-refractivity contribution in [2.75, 3.05) is 6.54 Å². The third kappa shape index (κ3) is 2.23. The van der Waals surface area contributed by atoms with E-state index in [1.54, 1.807) is 11.2 Å². The number of cyclic esters (lactones) is 1. The van der Waals surface area contributed by atoms with E-state index >= 15 is 0 Å². The normalized spacial score (nSPS) is 17.8. The maximum atomic E-state index is 11.3. The first kappa shape index (κ1) is 10.1. The van der Waals surface area contributed by atoms with Gasteiger partial charge in [0.05, 0.1) is 6.26 Å². The molecule has 1 amide bonds. The lowest BCUT2D eigenvalue weighted by Crippen LogP contribution is -2.41.